The molecule has 0 radical (unpaired) electrons. The molecule has 2 aromatic rings. The van der Waals surface area contributed by atoms with Crippen LogP contribution in [-0.2, 0) is 16.0 Å². The third kappa shape index (κ3) is 3.31. The minimum absolute atomic E-state index is 0.0905. The Morgan fingerprint density at radius 2 is 1.44 bits per heavy atom. The molecule has 128 valence electrons. The van der Waals surface area contributed by atoms with Crippen molar-refractivity contribution >= 4 is 17.8 Å². The topological polar surface area (TPSA) is 63.7 Å². The highest BCUT2D eigenvalue weighted by atomic mass is 16.6. The Balaban J connectivity index is 1.79. The molecule has 5 nitrogen and oxygen atoms in total. The van der Waals surface area contributed by atoms with Crippen molar-refractivity contribution < 1.29 is 19.1 Å². The second-order valence-corrected chi connectivity index (χ2v) is 6.31. The quantitative estimate of drug-likeness (QED) is 0.621. The summed E-state index contributed by atoms with van der Waals surface area (Å²) in [5.74, 6) is -1.54. The smallest absolute Gasteiger partial charge is 0.312 e. The van der Waals surface area contributed by atoms with E-state index in [1.165, 1.54) is 0 Å². The standard InChI is InChI=1S/C20H19NO4/c1-13(2)20(25-17(22)12-14-8-4-3-5-9-14)21-18(23)15-10-6-7-11-16(15)19(21)24/h3-11,13,20H,12H2,1-2H3. The predicted octanol–water partition coefficient (Wildman–Crippen LogP) is 3.05. The first kappa shape index (κ1) is 16.9. The number of benzene rings is 2. The van der Waals surface area contributed by atoms with Gasteiger partial charge in [-0.25, -0.2) is 4.90 Å². The monoisotopic (exact) mass is 337 g/mol. The lowest BCUT2D eigenvalue weighted by Crippen LogP contribution is -2.46. The molecule has 1 unspecified atom stereocenters. The number of esters is 1. The fraction of sp³-hybridized carbons (Fsp3) is 0.250. The molecule has 0 N–H and O–H groups in total. The fourth-order valence-electron chi connectivity index (χ4n) is 2.86. The summed E-state index contributed by atoms with van der Waals surface area (Å²) in [5.41, 5.74) is 1.51. The number of ether oxygens (including phenoxy) is 1. The first-order chi connectivity index (χ1) is 12.0. The van der Waals surface area contributed by atoms with Crippen molar-refractivity contribution in [1.82, 2.24) is 4.90 Å². The van der Waals surface area contributed by atoms with Crippen LogP contribution < -0.4 is 0 Å². The van der Waals surface area contributed by atoms with Gasteiger partial charge in [0.05, 0.1) is 17.5 Å². The Hall–Kier alpha value is -2.95. The van der Waals surface area contributed by atoms with E-state index in [-0.39, 0.29) is 12.3 Å². The van der Waals surface area contributed by atoms with Gasteiger partial charge in [-0.1, -0.05) is 56.3 Å². The normalized spacial score (nSPS) is 14.6. The average molecular weight is 337 g/mol. The highest BCUT2D eigenvalue weighted by Gasteiger charge is 2.42. The number of nitrogens with zero attached hydrogens (tertiary/aromatic N) is 1. The van der Waals surface area contributed by atoms with Gasteiger partial charge < -0.3 is 4.74 Å². The molecule has 3 rings (SSSR count). The van der Waals surface area contributed by atoms with Gasteiger partial charge in [-0.2, -0.15) is 0 Å². The Morgan fingerprint density at radius 3 is 1.96 bits per heavy atom. The molecule has 1 atom stereocenters. The Kier molecular flexibility index (Phi) is 4.65. The molecule has 1 heterocycles. The van der Waals surface area contributed by atoms with Crippen molar-refractivity contribution in [3.8, 4) is 0 Å². The number of hydrogen-bond donors (Lipinski definition) is 0. The van der Waals surface area contributed by atoms with Gasteiger partial charge in [0.25, 0.3) is 11.8 Å². The average Bonchev–Trinajstić information content (AvgIpc) is 2.85. The van der Waals surface area contributed by atoms with Crippen molar-refractivity contribution in [2.75, 3.05) is 0 Å². The van der Waals surface area contributed by atoms with Crippen LogP contribution >= 0.6 is 0 Å². The summed E-state index contributed by atoms with van der Waals surface area (Å²) in [7, 11) is 0. The van der Waals surface area contributed by atoms with E-state index in [9.17, 15) is 14.4 Å². The van der Waals surface area contributed by atoms with Crippen molar-refractivity contribution in [2.24, 2.45) is 5.92 Å². The lowest BCUT2D eigenvalue weighted by Gasteiger charge is -2.29. The number of hydrogen-bond acceptors (Lipinski definition) is 4. The highest BCUT2D eigenvalue weighted by Crippen LogP contribution is 2.27. The van der Waals surface area contributed by atoms with E-state index in [1.807, 2.05) is 44.2 Å². The number of imide groups is 1. The zero-order chi connectivity index (χ0) is 18.0. The maximum Gasteiger partial charge on any atom is 0.312 e. The molecule has 0 spiro atoms. The first-order valence-corrected chi connectivity index (χ1v) is 8.19. The van der Waals surface area contributed by atoms with E-state index >= 15 is 0 Å². The second-order valence-electron chi connectivity index (χ2n) is 6.31. The van der Waals surface area contributed by atoms with Gasteiger partial charge in [0.1, 0.15) is 0 Å². The van der Waals surface area contributed by atoms with Crippen molar-refractivity contribution in [2.45, 2.75) is 26.5 Å². The van der Waals surface area contributed by atoms with Gasteiger partial charge in [-0.15, -0.1) is 0 Å². The Morgan fingerprint density at radius 1 is 0.920 bits per heavy atom. The SMILES string of the molecule is CC(C)C(OC(=O)Cc1ccccc1)N1C(=O)c2ccccc2C1=O. The van der Waals surface area contributed by atoms with Crippen LogP contribution in [0.5, 0.6) is 0 Å². The van der Waals surface area contributed by atoms with E-state index in [2.05, 4.69) is 0 Å². The van der Waals surface area contributed by atoms with Crippen LogP contribution in [-0.4, -0.2) is 28.9 Å². The van der Waals surface area contributed by atoms with Crippen LogP contribution in [0.15, 0.2) is 54.6 Å². The maximum atomic E-state index is 12.6. The van der Waals surface area contributed by atoms with Crippen molar-refractivity contribution in [3.05, 3.63) is 71.3 Å². The third-order valence-electron chi connectivity index (χ3n) is 4.09. The molecule has 0 aromatic heterocycles. The van der Waals surface area contributed by atoms with Gasteiger partial charge in [0.15, 0.2) is 6.23 Å². The lowest BCUT2D eigenvalue weighted by molar-refractivity contribution is -0.157. The molecule has 1 aliphatic rings. The molecule has 0 saturated carbocycles. The summed E-state index contributed by atoms with van der Waals surface area (Å²) in [4.78, 5) is 38.6. The Labute approximate surface area is 146 Å². The van der Waals surface area contributed by atoms with E-state index in [4.69, 9.17) is 4.74 Å². The van der Waals surface area contributed by atoms with E-state index in [0.29, 0.717) is 11.1 Å². The number of fused-ring (bicyclic) bond motifs is 1. The van der Waals surface area contributed by atoms with Crippen LogP contribution in [0.3, 0.4) is 0 Å². The summed E-state index contributed by atoms with van der Waals surface area (Å²) >= 11 is 0. The molecule has 25 heavy (non-hydrogen) atoms. The molecule has 0 saturated heterocycles. The Bertz CT molecular complexity index is 778. The zero-order valence-electron chi connectivity index (χ0n) is 14.1. The summed E-state index contributed by atoms with van der Waals surface area (Å²) in [5, 5.41) is 0. The molecule has 0 aliphatic carbocycles. The molecular formula is C20H19NO4. The summed E-state index contributed by atoms with van der Waals surface area (Å²) in [6.45, 7) is 3.62. The van der Waals surface area contributed by atoms with Gasteiger partial charge in [0.2, 0.25) is 0 Å². The van der Waals surface area contributed by atoms with E-state index in [0.717, 1.165) is 10.5 Å². The molecule has 1 aliphatic heterocycles. The van der Waals surface area contributed by atoms with Gasteiger partial charge in [-0.3, -0.25) is 14.4 Å². The van der Waals surface area contributed by atoms with Gasteiger partial charge >= 0.3 is 5.97 Å². The van der Waals surface area contributed by atoms with Crippen LogP contribution in [0.1, 0.15) is 40.1 Å². The molecule has 0 bridgehead atoms. The minimum atomic E-state index is -0.927. The van der Waals surface area contributed by atoms with Crippen molar-refractivity contribution in [1.29, 1.82) is 0 Å². The minimum Gasteiger partial charge on any atom is -0.440 e. The maximum absolute atomic E-state index is 12.6. The predicted molar refractivity (Wildman–Crippen MR) is 91.8 cm³/mol. The number of carbonyl (C=O) groups excluding carboxylic acids is 3. The number of amides is 2. The van der Waals surface area contributed by atoms with Crippen molar-refractivity contribution in [3.63, 3.8) is 0 Å². The summed E-state index contributed by atoms with van der Waals surface area (Å²) in [6, 6.07) is 15.8. The van der Waals surface area contributed by atoms with Crippen LogP contribution in [0, 0.1) is 5.92 Å². The molecular weight excluding hydrogens is 318 g/mol. The third-order valence-corrected chi connectivity index (χ3v) is 4.09. The summed E-state index contributed by atoms with van der Waals surface area (Å²) < 4.78 is 5.52. The van der Waals surface area contributed by atoms with Crippen LogP contribution in [0.25, 0.3) is 0 Å². The first-order valence-electron chi connectivity index (χ1n) is 8.19. The zero-order valence-corrected chi connectivity index (χ0v) is 14.1. The van der Waals surface area contributed by atoms with Crippen LogP contribution in [0.4, 0.5) is 0 Å². The molecule has 2 aromatic carbocycles. The lowest BCUT2D eigenvalue weighted by atomic mass is 10.1. The fourth-order valence-corrected chi connectivity index (χ4v) is 2.86. The van der Waals surface area contributed by atoms with Gasteiger partial charge in [0, 0.05) is 5.92 Å². The second kappa shape index (κ2) is 6.89. The highest BCUT2D eigenvalue weighted by molar-refractivity contribution is 6.21. The molecule has 0 fully saturated rings. The molecule has 2 amide bonds. The summed E-state index contributed by atoms with van der Waals surface area (Å²) in [6.07, 6.45) is -0.837. The van der Waals surface area contributed by atoms with E-state index in [1.54, 1.807) is 24.3 Å². The largest absolute Gasteiger partial charge is 0.440 e. The van der Waals surface area contributed by atoms with Gasteiger partial charge in [-0.05, 0) is 17.7 Å². The van der Waals surface area contributed by atoms with E-state index < -0.39 is 24.0 Å². The molecule has 5 heteroatoms. The number of carbonyl (C=O) groups is 3. The van der Waals surface area contributed by atoms with Crippen LogP contribution in [0.2, 0.25) is 0 Å². The number of rotatable bonds is 5.